The van der Waals surface area contributed by atoms with Gasteiger partial charge in [-0.3, -0.25) is 4.79 Å². The predicted molar refractivity (Wildman–Crippen MR) is 55.7 cm³/mol. The van der Waals surface area contributed by atoms with E-state index in [0.29, 0.717) is 0 Å². The molecule has 0 N–H and O–H groups in total. The van der Waals surface area contributed by atoms with Gasteiger partial charge in [-0.1, -0.05) is 0 Å². The van der Waals surface area contributed by atoms with Gasteiger partial charge in [-0.05, 0) is 25.3 Å². The fraction of sp³-hybridized carbons (Fsp3) is 0.500. The predicted octanol–water partition coefficient (Wildman–Crippen LogP) is 2.47. The van der Waals surface area contributed by atoms with Crippen LogP contribution >= 0.6 is 11.3 Å². The first-order valence-electron chi connectivity index (χ1n) is 4.34. The number of carbonyl (C=O) groups excluding carboxylic acids is 1. The Balaban J connectivity index is 2.45. The summed E-state index contributed by atoms with van der Waals surface area (Å²) in [6.07, 6.45) is 0. The molecule has 0 aliphatic rings. The Hall–Kier alpha value is -1.03. The highest BCUT2D eigenvalue weighted by Gasteiger charge is 2.21. The molecule has 1 aromatic rings. The van der Waals surface area contributed by atoms with Crippen LogP contribution < -0.4 is 4.74 Å². The molecule has 0 saturated heterocycles. The smallest absolute Gasteiger partial charge is 0.302 e. The Labute approximate surface area is 87.7 Å². The van der Waals surface area contributed by atoms with Crippen molar-refractivity contribution >= 4 is 17.3 Å². The van der Waals surface area contributed by atoms with Crippen LogP contribution in [0.4, 0.5) is 0 Å². The first-order valence-corrected chi connectivity index (χ1v) is 5.28. The minimum Gasteiger partial charge on any atom is -0.483 e. The van der Waals surface area contributed by atoms with Gasteiger partial charge in [-0.2, -0.15) is 0 Å². The Morgan fingerprint density at radius 2 is 2.29 bits per heavy atom. The molecule has 1 heterocycles. The van der Waals surface area contributed by atoms with Gasteiger partial charge in [0, 0.05) is 12.3 Å². The topological polar surface area (TPSA) is 35.5 Å². The van der Waals surface area contributed by atoms with Crippen LogP contribution in [0, 0.1) is 0 Å². The van der Waals surface area contributed by atoms with E-state index >= 15 is 0 Å². The molecule has 0 bridgehead atoms. The molecule has 14 heavy (non-hydrogen) atoms. The maximum atomic E-state index is 10.6. The van der Waals surface area contributed by atoms with Crippen molar-refractivity contribution in [2.75, 3.05) is 6.61 Å². The number of carbonyl (C=O) groups is 1. The number of esters is 1. The van der Waals surface area contributed by atoms with Crippen molar-refractivity contribution in [3.8, 4) is 5.75 Å². The van der Waals surface area contributed by atoms with E-state index in [0.717, 1.165) is 5.75 Å². The van der Waals surface area contributed by atoms with Crippen molar-refractivity contribution in [1.29, 1.82) is 0 Å². The van der Waals surface area contributed by atoms with E-state index in [1.807, 2.05) is 30.7 Å². The summed E-state index contributed by atoms with van der Waals surface area (Å²) in [5, 5.41) is 3.85. The first kappa shape index (κ1) is 11.0. The summed E-state index contributed by atoms with van der Waals surface area (Å²) in [4.78, 5) is 10.6. The van der Waals surface area contributed by atoms with Gasteiger partial charge in [-0.15, -0.1) is 11.3 Å². The summed E-state index contributed by atoms with van der Waals surface area (Å²) in [7, 11) is 0. The van der Waals surface area contributed by atoms with Crippen LogP contribution in [0.1, 0.15) is 20.8 Å². The van der Waals surface area contributed by atoms with E-state index in [1.165, 1.54) is 6.92 Å². The Kier molecular flexibility index (Phi) is 3.52. The molecule has 0 amide bonds. The molecule has 3 nitrogen and oxygen atoms in total. The summed E-state index contributed by atoms with van der Waals surface area (Å²) < 4.78 is 10.5. The van der Waals surface area contributed by atoms with Gasteiger partial charge in [0.05, 0.1) is 0 Å². The Bertz CT molecular complexity index is 290. The largest absolute Gasteiger partial charge is 0.483 e. The third-order valence-electron chi connectivity index (χ3n) is 1.51. The standard InChI is InChI=1S/C10H14O3S/c1-8(11)12-7-10(2,3)13-9-4-5-14-6-9/h4-6H,7H2,1-3H3. The van der Waals surface area contributed by atoms with Crippen LogP contribution in [0.3, 0.4) is 0 Å². The van der Waals surface area contributed by atoms with Crippen LogP contribution in [-0.4, -0.2) is 18.2 Å². The molecule has 0 atom stereocenters. The van der Waals surface area contributed by atoms with E-state index in [2.05, 4.69) is 0 Å². The molecule has 1 rings (SSSR count). The third kappa shape index (κ3) is 3.79. The maximum Gasteiger partial charge on any atom is 0.302 e. The summed E-state index contributed by atoms with van der Waals surface area (Å²) in [6, 6.07) is 1.89. The second kappa shape index (κ2) is 4.46. The summed E-state index contributed by atoms with van der Waals surface area (Å²) in [6.45, 7) is 5.42. The normalized spacial score (nSPS) is 11.1. The van der Waals surface area contributed by atoms with Crippen molar-refractivity contribution in [3.05, 3.63) is 16.8 Å². The summed E-state index contributed by atoms with van der Waals surface area (Å²) in [5.41, 5.74) is -0.479. The molecule has 0 fully saturated rings. The second-order valence-electron chi connectivity index (χ2n) is 3.60. The molecule has 78 valence electrons. The highest BCUT2D eigenvalue weighted by Crippen LogP contribution is 2.21. The Morgan fingerprint density at radius 1 is 1.57 bits per heavy atom. The van der Waals surface area contributed by atoms with E-state index in [4.69, 9.17) is 9.47 Å². The van der Waals surface area contributed by atoms with Crippen LogP contribution in [-0.2, 0) is 9.53 Å². The molecule has 0 aliphatic heterocycles. The lowest BCUT2D eigenvalue weighted by Crippen LogP contribution is -2.34. The average Bonchev–Trinajstić information content (AvgIpc) is 2.53. The zero-order valence-corrected chi connectivity index (χ0v) is 9.39. The second-order valence-corrected chi connectivity index (χ2v) is 4.38. The quantitative estimate of drug-likeness (QED) is 0.722. The molecule has 0 spiro atoms. The molecule has 0 saturated carbocycles. The van der Waals surface area contributed by atoms with Gasteiger partial charge in [0.2, 0.25) is 0 Å². The third-order valence-corrected chi connectivity index (χ3v) is 2.17. The number of thiophene rings is 1. The van der Waals surface area contributed by atoms with Crippen molar-refractivity contribution in [2.24, 2.45) is 0 Å². The van der Waals surface area contributed by atoms with E-state index in [1.54, 1.807) is 11.3 Å². The fourth-order valence-electron chi connectivity index (χ4n) is 0.934. The van der Waals surface area contributed by atoms with Gasteiger partial charge >= 0.3 is 5.97 Å². The van der Waals surface area contributed by atoms with Gasteiger partial charge < -0.3 is 9.47 Å². The minimum atomic E-state index is -0.479. The lowest BCUT2D eigenvalue weighted by molar-refractivity contribution is -0.146. The van der Waals surface area contributed by atoms with E-state index in [-0.39, 0.29) is 12.6 Å². The summed E-state index contributed by atoms with van der Waals surface area (Å²) in [5.74, 6) is 0.527. The lowest BCUT2D eigenvalue weighted by Gasteiger charge is -2.24. The average molecular weight is 214 g/mol. The number of ether oxygens (including phenoxy) is 2. The molecular weight excluding hydrogens is 200 g/mol. The lowest BCUT2D eigenvalue weighted by atomic mass is 10.1. The van der Waals surface area contributed by atoms with Crippen molar-refractivity contribution in [2.45, 2.75) is 26.4 Å². The molecule has 0 radical (unpaired) electrons. The van der Waals surface area contributed by atoms with Crippen LogP contribution in [0.2, 0.25) is 0 Å². The van der Waals surface area contributed by atoms with Crippen LogP contribution in [0.5, 0.6) is 5.75 Å². The molecule has 1 aromatic heterocycles. The molecule has 0 unspecified atom stereocenters. The van der Waals surface area contributed by atoms with Crippen molar-refractivity contribution in [1.82, 2.24) is 0 Å². The Morgan fingerprint density at radius 3 is 2.79 bits per heavy atom. The van der Waals surface area contributed by atoms with Crippen molar-refractivity contribution < 1.29 is 14.3 Å². The molecule has 4 heteroatoms. The zero-order valence-electron chi connectivity index (χ0n) is 8.57. The van der Waals surface area contributed by atoms with Gasteiger partial charge in [0.15, 0.2) is 0 Å². The number of hydrogen-bond donors (Lipinski definition) is 0. The van der Waals surface area contributed by atoms with Gasteiger partial charge in [-0.25, -0.2) is 0 Å². The number of hydrogen-bond acceptors (Lipinski definition) is 4. The van der Waals surface area contributed by atoms with Crippen LogP contribution in [0.25, 0.3) is 0 Å². The highest BCUT2D eigenvalue weighted by atomic mass is 32.1. The minimum absolute atomic E-state index is 0.262. The molecule has 0 aromatic carbocycles. The maximum absolute atomic E-state index is 10.6. The highest BCUT2D eigenvalue weighted by molar-refractivity contribution is 7.08. The number of rotatable bonds is 4. The SMILES string of the molecule is CC(=O)OCC(C)(C)Oc1ccsc1. The summed E-state index contributed by atoms with van der Waals surface area (Å²) >= 11 is 1.57. The van der Waals surface area contributed by atoms with E-state index in [9.17, 15) is 4.79 Å². The van der Waals surface area contributed by atoms with Gasteiger partial charge in [0.25, 0.3) is 0 Å². The van der Waals surface area contributed by atoms with E-state index < -0.39 is 5.60 Å². The zero-order chi connectivity index (χ0) is 10.6. The van der Waals surface area contributed by atoms with Crippen LogP contribution in [0.15, 0.2) is 16.8 Å². The van der Waals surface area contributed by atoms with Crippen molar-refractivity contribution in [3.63, 3.8) is 0 Å². The monoisotopic (exact) mass is 214 g/mol. The molecule has 0 aliphatic carbocycles. The first-order chi connectivity index (χ1) is 6.49. The molecular formula is C10H14O3S. The fourth-order valence-corrected chi connectivity index (χ4v) is 1.49. The van der Waals surface area contributed by atoms with Gasteiger partial charge in [0.1, 0.15) is 18.0 Å².